The maximum absolute atomic E-state index is 11.5. The van der Waals surface area contributed by atoms with Crippen molar-refractivity contribution in [2.45, 2.75) is 51.9 Å². The summed E-state index contributed by atoms with van der Waals surface area (Å²) in [5.41, 5.74) is 1.42. The van der Waals surface area contributed by atoms with E-state index in [1.165, 1.54) is 18.4 Å². The lowest BCUT2D eigenvalue weighted by molar-refractivity contribution is -0.123. The van der Waals surface area contributed by atoms with Gasteiger partial charge >= 0.3 is 0 Å². The molecule has 18 heavy (non-hydrogen) atoms. The highest BCUT2D eigenvalue weighted by atomic mass is 16.1. The molecule has 4 atom stereocenters. The first-order valence-electron chi connectivity index (χ1n) is 7.39. The number of fused-ring (bicyclic) bond motifs is 3. The topological polar surface area (TPSA) is 34.1 Å². The second-order valence-corrected chi connectivity index (χ2v) is 6.41. The van der Waals surface area contributed by atoms with Gasteiger partial charge in [0, 0.05) is 12.3 Å². The molecule has 3 aliphatic rings. The Labute approximate surface area is 109 Å². The summed E-state index contributed by atoms with van der Waals surface area (Å²) >= 11 is 0. The van der Waals surface area contributed by atoms with Crippen LogP contribution in [0.5, 0.6) is 0 Å². The monoisotopic (exact) mass is 246 g/mol. The Kier molecular flexibility index (Phi) is 3.13. The maximum atomic E-state index is 11.5. The van der Waals surface area contributed by atoms with E-state index in [-0.39, 0.29) is 0 Å². The highest BCUT2D eigenvalue weighted by Crippen LogP contribution is 2.50. The Bertz CT molecular complexity index is 407. The fraction of sp³-hybridized carbons (Fsp3) is 0.750. The van der Waals surface area contributed by atoms with Gasteiger partial charge in [-0.3, -0.25) is 9.59 Å². The second-order valence-electron chi connectivity index (χ2n) is 6.41. The molecule has 0 spiro atoms. The number of hydrogen-bond donors (Lipinski definition) is 0. The van der Waals surface area contributed by atoms with Crippen LogP contribution in [0.15, 0.2) is 11.6 Å². The van der Waals surface area contributed by atoms with Crippen molar-refractivity contribution in [2.24, 2.45) is 23.7 Å². The van der Waals surface area contributed by atoms with Gasteiger partial charge in [-0.2, -0.15) is 0 Å². The second kappa shape index (κ2) is 4.64. The molecule has 0 aliphatic heterocycles. The summed E-state index contributed by atoms with van der Waals surface area (Å²) in [6, 6.07) is 0. The smallest absolute Gasteiger partial charge is 0.155 e. The predicted molar refractivity (Wildman–Crippen MR) is 70.1 cm³/mol. The predicted octanol–water partition coefficient (Wildman–Crippen LogP) is 3.31. The highest BCUT2D eigenvalue weighted by Gasteiger charge is 2.41. The summed E-state index contributed by atoms with van der Waals surface area (Å²) in [5.74, 6) is 3.19. The average Bonchev–Trinajstić information content (AvgIpc) is 2.37. The van der Waals surface area contributed by atoms with Gasteiger partial charge in [0.25, 0.3) is 0 Å². The van der Waals surface area contributed by atoms with Gasteiger partial charge in [0.2, 0.25) is 0 Å². The molecule has 0 N–H and O–H groups in total. The van der Waals surface area contributed by atoms with E-state index in [9.17, 15) is 9.59 Å². The minimum absolute atomic E-state index is 0.321. The van der Waals surface area contributed by atoms with Gasteiger partial charge in [-0.1, -0.05) is 5.57 Å². The van der Waals surface area contributed by atoms with Crippen LogP contribution in [0.25, 0.3) is 0 Å². The van der Waals surface area contributed by atoms with Crippen molar-refractivity contribution in [2.75, 3.05) is 0 Å². The minimum Gasteiger partial charge on any atom is -0.300 e. The SMILES string of the molecule is CC(=O)[C@H]1CC[C@@H]2[C@H](CCC3=CC(=O)CC[C@H]32)C1. The van der Waals surface area contributed by atoms with Crippen molar-refractivity contribution in [3.8, 4) is 0 Å². The zero-order chi connectivity index (χ0) is 12.7. The van der Waals surface area contributed by atoms with E-state index in [0.29, 0.717) is 23.4 Å². The van der Waals surface area contributed by atoms with E-state index >= 15 is 0 Å². The quantitative estimate of drug-likeness (QED) is 0.711. The first kappa shape index (κ1) is 12.1. The van der Waals surface area contributed by atoms with Crippen LogP contribution in [0.2, 0.25) is 0 Å². The normalized spacial score (nSPS) is 39.6. The molecule has 2 saturated carbocycles. The number of hydrogen-bond acceptors (Lipinski definition) is 2. The van der Waals surface area contributed by atoms with E-state index in [4.69, 9.17) is 0 Å². The summed E-state index contributed by atoms with van der Waals surface area (Å²) in [6.45, 7) is 1.75. The van der Waals surface area contributed by atoms with Gasteiger partial charge in [-0.15, -0.1) is 0 Å². The van der Waals surface area contributed by atoms with E-state index in [0.717, 1.165) is 43.9 Å². The van der Waals surface area contributed by atoms with Gasteiger partial charge in [-0.05, 0) is 69.3 Å². The van der Waals surface area contributed by atoms with Crippen molar-refractivity contribution in [1.82, 2.24) is 0 Å². The third-order valence-corrected chi connectivity index (χ3v) is 5.46. The van der Waals surface area contributed by atoms with Crippen LogP contribution in [0, 0.1) is 23.7 Å². The van der Waals surface area contributed by atoms with Crippen molar-refractivity contribution in [3.63, 3.8) is 0 Å². The first-order valence-corrected chi connectivity index (χ1v) is 7.39. The number of carbonyl (C=O) groups is 2. The largest absolute Gasteiger partial charge is 0.300 e. The third kappa shape index (κ3) is 2.06. The summed E-state index contributed by atoms with van der Waals surface area (Å²) in [4.78, 5) is 23.0. The van der Waals surface area contributed by atoms with Crippen molar-refractivity contribution in [1.29, 1.82) is 0 Å². The van der Waals surface area contributed by atoms with Crippen LogP contribution in [-0.2, 0) is 9.59 Å². The van der Waals surface area contributed by atoms with Crippen LogP contribution < -0.4 is 0 Å². The van der Waals surface area contributed by atoms with Crippen molar-refractivity contribution < 1.29 is 9.59 Å². The van der Waals surface area contributed by atoms with E-state index in [2.05, 4.69) is 0 Å². The zero-order valence-electron chi connectivity index (χ0n) is 11.2. The van der Waals surface area contributed by atoms with Crippen LogP contribution in [-0.4, -0.2) is 11.6 Å². The Morgan fingerprint density at radius 2 is 2.00 bits per heavy atom. The fourth-order valence-electron chi connectivity index (χ4n) is 4.49. The number of allylic oxidation sites excluding steroid dienone is 2. The maximum Gasteiger partial charge on any atom is 0.155 e. The molecule has 3 rings (SSSR count). The summed E-state index contributed by atoms with van der Waals surface area (Å²) in [5, 5.41) is 0. The lowest BCUT2D eigenvalue weighted by atomic mass is 9.59. The lowest BCUT2D eigenvalue weighted by Crippen LogP contribution is -2.38. The van der Waals surface area contributed by atoms with Crippen LogP contribution in [0.4, 0.5) is 0 Å². The number of Topliss-reactive ketones (excluding diaryl/α,β-unsaturated/α-hetero) is 1. The van der Waals surface area contributed by atoms with Crippen LogP contribution in [0.1, 0.15) is 51.9 Å². The third-order valence-electron chi connectivity index (χ3n) is 5.46. The van der Waals surface area contributed by atoms with Crippen LogP contribution in [0.3, 0.4) is 0 Å². The fourth-order valence-corrected chi connectivity index (χ4v) is 4.49. The lowest BCUT2D eigenvalue weighted by Gasteiger charge is -2.45. The standard InChI is InChI=1S/C16H22O2/c1-10(17)11-4-6-15-12(8-11)2-3-13-9-14(18)5-7-16(13)15/h9,11-12,15-16H,2-8H2,1H3/t11-,12+,15+,16+/m0/s1. The number of carbonyl (C=O) groups excluding carboxylic acids is 2. The Hall–Kier alpha value is -0.920. The van der Waals surface area contributed by atoms with Gasteiger partial charge in [0.05, 0.1) is 0 Å². The molecule has 3 aliphatic carbocycles. The van der Waals surface area contributed by atoms with E-state index < -0.39 is 0 Å². The van der Waals surface area contributed by atoms with Gasteiger partial charge < -0.3 is 0 Å². The Morgan fingerprint density at radius 1 is 1.17 bits per heavy atom. The highest BCUT2D eigenvalue weighted by molar-refractivity contribution is 5.91. The van der Waals surface area contributed by atoms with Crippen molar-refractivity contribution >= 4 is 11.6 Å². The number of ketones is 2. The Morgan fingerprint density at radius 3 is 2.78 bits per heavy atom. The molecule has 0 bridgehead atoms. The minimum atomic E-state index is 0.321. The molecule has 0 amide bonds. The Balaban J connectivity index is 1.76. The molecule has 98 valence electrons. The summed E-state index contributed by atoms with van der Waals surface area (Å²) in [6.07, 6.45) is 9.43. The molecule has 2 nitrogen and oxygen atoms in total. The first-order chi connectivity index (χ1) is 8.65. The van der Waals surface area contributed by atoms with Crippen LogP contribution >= 0.6 is 0 Å². The molecular formula is C16H22O2. The zero-order valence-corrected chi connectivity index (χ0v) is 11.2. The molecule has 2 fully saturated rings. The van der Waals surface area contributed by atoms with E-state index in [1.54, 1.807) is 6.92 Å². The average molecular weight is 246 g/mol. The molecule has 0 aromatic carbocycles. The number of rotatable bonds is 1. The molecule has 0 aromatic rings. The van der Waals surface area contributed by atoms with Crippen molar-refractivity contribution in [3.05, 3.63) is 11.6 Å². The molecular weight excluding hydrogens is 224 g/mol. The van der Waals surface area contributed by atoms with E-state index in [1.807, 2.05) is 6.08 Å². The van der Waals surface area contributed by atoms with Gasteiger partial charge in [-0.25, -0.2) is 0 Å². The molecule has 2 heteroatoms. The molecule has 0 saturated heterocycles. The van der Waals surface area contributed by atoms with Gasteiger partial charge in [0.1, 0.15) is 5.78 Å². The summed E-state index contributed by atoms with van der Waals surface area (Å²) in [7, 11) is 0. The molecule has 0 radical (unpaired) electrons. The molecule has 0 unspecified atom stereocenters. The van der Waals surface area contributed by atoms with Gasteiger partial charge in [0.15, 0.2) is 5.78 Å². The molecule has 0 heterocycles. The molecule has 0 aromatic heterocycles. The summed E-state index contributed by atoms with van der Waals surface area (Å²) < 4.78 is 0.